The number of rotatable bonds is 9. The van der Waals surface area contributed by atoms with Crippen LogP contribution >= 0.6 is 0 Å². The van der Waals surface area contributed by atoms with E-state index in [1.807, 2.05) is 0 Å². The molecule has 0 N–H and O–H groups in total. The first-order valence-corrected chi connectivity index (χ1v) is 21.3. The standard InChI is InChI=1S/C60H42N2/c1-4-19-43(20-5-1)52-29-10-11-30-53(52)45-37-39-50(40-38-45)61(57-34-14-12-31-54(57)44-21-6-2-7-22-44)51-28-17-24-47(42-51)46-23-16-25-48(41-46)55-33-18-36-59-60(55)56-32-13-15-35-58(56)62(59)49-26-8-3-9-27-49/h1-42H. The summed E-state index contributed by atoms with van der Waals surface area (Å²) in [6.07, 6.45) is 0. The van der Waals surface area contributed by atoms with Crippen molar-refractivity contribution >= 4 is 38.9 Å². The summed E-state index contributed by atoms with van der Waals surface area (Å²) >= 11 is 0. The average Bonchev–Trinajstić information content (AvgIpc) is 3.70. The van der Waals surface area contributed by atoms with Crippen molar-refractivity contribution in [3.63, 3.8) is 0 Å². The molecule has 1 heterocycles. The van der Waals surface area contributed by atoms with Gasteiger partial charge in [0.1, 0.15) is 0 Å². The summed E-state index contributed by atoms with van der Waals surface area (Å²) in [6, 6.07) is 92.0. The van der Waals surface area contributed by atoms with E-state index in [-0.39, 0.29) is 0 Å². The highest BCUT2D eigenvalue weighted by Gasteiger charge is 2.20. The molecular weight excluding hydrogens is 749 g/mol. The van der Waals surface area contributed by atoms with Gasteiger partial charge >= 0.3 is 0 Å². The smallest absolute Gasteiger partial charge is 0.0547 e. The summed E-state index contributed by atoms with van der Waals surface area (Å²) in [5.74, 6) is 0. The van der Waals surface area contributed by atoms with E-state index in [1.54, 1.807) is 0 Å². The zero-order valence-electron chi connectivity index (χ0n) is 34.1. The van der Waals surface area contributed by atoms with Gasteiger partial charge < -0.3 is 9.47 Å². The van der Waals surface area contributed by atoms with Gasteiger partial charge in [0.2, 0.25) is 0 Å². The Morgan fingerprint density at radius 2 is 0.758 bits per heavy atom. The number of nitrogens with zero attached hydrogens (tertiary/aromatic N) is 2. The minimum atomic E-state index is 1.08. The van der Waals surface area contributed by atoms with Gasteiger partial charge in [-0.2, -0.15) is 0 Å². The summed E-state index contributed by atoms with van der Waals surface area (Å²) in [7, 11) is 0. The van der Waals surface area contributed by atoms with Crippen LogP contribution in [-0.4, -0.2) is 4.57 Å². The Labute approximate surface area is 362 Å². The highest BCUT2D eigenvalue weighted by Crippen LogP contribution is 2.44. The monoisotopic (exact) mass is 790 g/mol. The summed E-state index contributed by atoms with van der Waals surface area (Å²) in [4.78, 5) is 2.40. The summed E-state index contributed by atoms with van der Waals surface area (Å²) in [5, 5.41) is 2.51. The zero-order chi connectivity index (χ0) is 41.2. The zero-order valence-corrected chi connectivity index (χ0v) is 34.1. The van der Waals surface area contributed by atoms with Crippen molar-refractivity contribution in [1.29, 1.82) is 0 Å². The molecule has 11 rings (SSSR count). The van der Waals surface area contributed by atoms with Gasteiger partial charge in [0.25, 0.3) is 0 Å². The number of para-hydroxylation sites is 3. The van der Waals surface area contributed by atoms with E-state index >= 15 is 0 Å². The number of hydrogen-bond donors (Lipinski definition) is 0. The van der Waals surface area contributed by atoms with Crippen molar-refractivity contribution in [3.05, 3.63) is 255 Å². The molecule has 0 radical (unpaired) electrons. The fraction of sp³-hybridized carbons (Fsp3) is 0. The van der Waals surface area contributed by atoms with E-state index in [1.165, 1.54) is 66.3 Å². The van der Waals surface area contributed by atoms with Crippen molar-refractivity contribution in [1.82, 2.24) is 4.57 Å². The van der Waals surface area contributed by atoms with Crippen LogP contribution in [0.15, 0.2) is 255 Å². The molecule has 1 aromatic heterocycles. The molecule has 0 spiro atoms. The lowest BCUT2D eigenvalue weighted by atomic mass is 9.94. The summed E-state index contributed by atoms with van der Waals surface area (Å²) in [6.45, 7) is 0. The van der Waals surface area contributed by atoms with Crippen LogP contribution in [0.5, 0.6) is 0 Å². The van der Waals surface area contributed by atoms with E-state index < -0.39 is 0 Å². The van der Waals surface area contributed by atoms with Gasteiger partial charge in [0, 0.05) is 33.4 Å². The van der Waals surface area contributed by atoms with Crippen molar-refractivity contribution in [2.75, 3.05) is 4.90 Å². The molecule has 0 amide bonds. The van der Waals surface area contributed by atoms with Crippen LogP contribution in [0, 0.1) is 0 Å². The van der Waals surface area contributed by atoms with Crippen LogP contribution in [0.1, 0.15) is 0 Å². The lowest BCUT2D eigenvalue weighted by molar-refractivity contribution is 1.18. The van der Waals surface area contributed by atoms with Gasteiger partial charge in [0.05, 0.1) is 16.7 Å². The molecule has 292 valence electrons. The van der Waals surface area contributed by atoms with Crippen molar-refractivity contribution in [2.45, 2.75) is 0 Å². The lowest BCUT2D eigenvalue weighted by Crippen LogP contribution is -2.11. The highest BCUT2D eigenvalue weighted by atomic mass is 15.1. The minimum Gasteiger partial charge on any atom is -0.310 e. The van der Waals surface area contributed by atoms with E-state index in [0.717, 1.165) is 33.9 Å². The van der Waals surface area contributed by atoms with Crippen molar-refractivity contribution < 1.29 is 0 Å². The quantitative estimate of drug-likeness (QED) is 0.141. The lowest BCUT2D eigenvalue weighted by Gasteiger charge is -2.28. The second-order valence-corrected chi connectivity index (χ2v) is 15.7. The first-order chi connectivity index (χ1) is 30.8. The van der Waals surface area contributed by atoms with Crippen LogP contribution in [0.2, 0.25) is 0 Å². The molecule has 0 bridgehead atoms. The van der Waals surface area contributed by atoms with Gasteiger partial charge in [-0.3, -0.25) is 0 Å². The molecule has 2 heteroatoms. The van der Waals surface area contributed by atoms with Gasteiger partial charge in [-0.15, -0.1) is 0 Å². The molecule has 10 aromatic carbocycles. The molecule has 0 fully saturated rings. The first-order valence-electron chi connectivity index (χ1n) is 21.3. The van der Waals surface area contributed by atoms with E-state index in [0.29, 0.717) is 0 Å². The van der Waals surface area contributed by atoms with Crippen LogP contribution in [0.25, 0.3) is 83.1 Å². The normalized spacial score (nSPS) is 11.2. The molecular formula is C60H42N2. The molecule has 0 saturated carbocycles. The third-order valence-electron chi connectivity index (χ3n) is 12.0. The Morgan fingerprint density at radius 3 is 1.48 bits per heavy atom. The molecule has 0 aliphatic heterocycles. The van der Waals surface area contributed by atoms with Crippen LogP contribution in [0.4, 0.5) is 17.1 Å². The fourth-order valence-electron chi connectivity index (χ4n) is 9.16. The number of hydrogen-bond acceptors (Lipinski definition) is 1. The third-order valence-corrected chi connectivity index (χ3v) is 12.0. The number of anilines is 3. The molecule has 0 unspecified atom stereocenters. The molecule has 0 saturated heterocycles. The maximum atomic E-state index is 2.40. The maximum absolute atomic E-state index is 2.40. The second-order valence-electron chi connectivity index (χ2n) is 15.7. The molecule has 2 nitrogen and oxygen atoms in total. The molecule has 0 aliphatic rings. The fourth-order valence-corrected chi connectivity index (χ4v) is 9.16. The van der Waals surface area contributed by atoms with E-state index in [2.05, 4.69) is 264 Å². The Bertz CT molecular complexity index is 3330. The number of benzene rings is 10. The van der Waals surface area contributed by atoms with Gasteiger partial charge in [0.15, 0.2) is 0 Å². The maximum Gasteiger partial charge on any atom is 0.0547 e. The van der Waals surface area contributed by atoms with Crippen LogP contribution < -0.4 is 4.90 Å². The minimum absolute atomic E-state index is 1.08. The highest BCUT2D eigenvalue weighted by molar-refractivity contribution is 6.16. The third kappa shape index (κ3) is 6.74. The molecule has 11 aromatic rings. The SMILES string of the molecule is c1ccc(-c2ccccc2-c2ccc(N(c3cccc(-c4cccc(-c5cccc6c5c5ccccc5n6-c5ccccc5)c4)c3)c3ccccc3-c3ccccc3)cc2)cc1. The largest absolute Gasteiger partial charge is 0.310 e. The molecule has 62 heavy (non-hydrogen) atoms. The second kappa shape index (κ2) is 16.1. The first kappa shape index (κ1) is 36.8. The van der Waals surface area contributed by atoms with E-state index in [9.17, 15) is 0 Å². The van der Waals surface area contributed by atoms with Crippen LogP contribution in [-0.2, 0) is 0 Å². The predicted octanol–water partition coefficient (Wildman–Crippen LogP) is 16.6. The Morgan fingerprint density at radius 1 is 0.274 bits per heavy atom. The molecule has 0 aliphatic carbocycles. The topological polar surface area (TPSA) is 8.17 Å². The predicted molar refractivity (Wildman–Crippen MR) is 263 cm³/mol. The Balaban J connectivity index is 1.03. The average molecular weight is 791 g/mol. The summed E-state index contributed by atoms with van der Waals surface area (Å²) < 4.78 is 2.39. The number of aromatic nitrogens is 1. The Kier molecular flexibility index (Phi) is 9.57. The van der Waals surface area contributed by atoms with Crippen molar-refractivity contribution in [3.8, 4) is 61.3 Å². The number of fused-ring (bicyclic) bond motifs is 3. The summed E-state index contributed by atoms with van der Waals surface area (Å²) in [5.41, 5.74) is 18.7. The van der Waals surface area contributed by atoms with Crippen LogP contribution in [0.3, 0.4) is 0 Å². The molecule has 0 atom stereocenters. The Hall–Kier alpha value is -8.20. The van der Waals surface area contributed by atoms with Gasteiger partial charge in [-0.1, -0.05) is 194 Å². The van der Waals surface area contributed by atoms with Gasteiger partial charge in [-0.05, 0) is 111 Å². The van der Waals surface area contributed by atoms with E-state index in [4.69, 9.17) is 0 Å². The van der Waals surface area contributed by atoms with Crippen molar-refractivity contribution in [2.24, 2.45) is 0 Å². The van der Waals surface area contributed by atoms with Gasteiger partial charge in [-0.25, -0.2) is 0 Å².